The molecule has 0 N–H and O–H groups in total. The normalized spacial score (nSPS) is 10.7. The minimum absolute atomic E-state index is 0.0661. The molecule has 0 saturated heterocycles. The Labute approximate surface area is 112 Å². The molecular weight excluding hydrogens is 264 g/mol. The molecule has 0 amide bonds. The number of ether oxygens (including phenoxy) is 1. The Balaban J connectivity index is 2.08. The van der Waals surface area contributed by atoms with Crippen LogP contribution in [0.3, 0.4) is 0 Å². The van der Waals surface area contributed by atoms with Crippen molar-refractivity contribution in [1.29, 1.82) is 0 Å². The molecule has 0 saturated carbocycles. The van der Waals surface area contributed by atoms with Crippen LogP contribution in [0.5, 0.6) is 5.75 Å². The predicted octanol–water partition coefficient (Wildman–Crippen LogP) is 4.20. The Kier molecular flexibility index (Phi) is 2.89. The molecule has 3 rings (SSSR count). The maximum absolute atomic E-state index is 12.4. The van der Waals surface area contributed by atoms with E-state index in [0.717, 1.165) is 21.4 Å². The number of rotatable bonds is 3. The van der Waals surface area contributed by atoms with Gasteiger partial charge in [-0.25, -0.2) is 0 Å². The van der Waals surface area contributed by atoms with Gasteiger partial charge in [-0.05, 0) is 22.9 Å². The third-order valence-electron chi connectivity index (χ3n) is 2.76. The average Bonchev–Trinajstić information content (AvgIpc) is 3.05. The van der Waals surface area contributed by atoms with E-state index in [9.17, 15) is 4.79 Å². The summed E-state index contributed by atoms with van der Waals surface area (Å²) < 4.78 is 6.16. The third-order valence-corrected chi connectivity index (χ3v) is 4.63. The molecule has 2 aromatic heterocycles. The molecule has 0 aliphatic heterocycles. The lowest BCUT2D eigenvalue weighted by molar-refractivity contribution is 0.104. The number of thiophene rings is 2. The lowest BCUT2D eigenvalue weighted by Crippen LogP contribution is -1.98. The fraction of sp³-hybridized carbons (Fsp3) is 0.0714. The van der Waals surface area contributed by atoms with E-state index in [1.54, 1.807) is 24.5 Å². The first-order valence-electron chi connectivity index (χ1n) is 5.43. The van der Waals surface area contributed by atoms with E-state index in [1.165, 1.54) is 11.3 Å². The lowest BCUT2D eigenvalue weighted by Gasteiger charge is -2.00. The van der Waals surface area contributed by atoms with Crippen molar-refractivity contribution < 1.29 is 9.53 Å². The van der Waals surface area contributed by atoms with Gasteiger partial charge in [0.1, 0.15) is 5.75 Å². The highest BCUT2D eigenvalue weighted by molar-refractivity contribution is 7.18. The molecule has 90 valence electrons. The molecule has 0 spiro atoms. The molecule has 0 fully saturated rings. The second-order valence-corrected chi connectivity index (χ2v) is 5.65. The predicted molar refractivity (Wildman–Crippen MR) is 76.1 cm³/mol. The van der Waals surface area contributed by atoms with Gasteiger partial charge in [-0.1, -0.05) is 12.1 Å². The number of fused-ring (bicyclic) bond motifs is 1. The van der Waals surface area contributed by atoms with Crippen LogP contribution in [0.1, 0.15) is 15.2 Å². The Morgan fingerprint density at radius 3 is 2.89 bits per heavy atom. The molecule has 0 bridgehead atoms. The molecule has 0 radical (unpaired) electrons. The fourth-order valence-electron chi connectivity index (χ4n) is 1.85. The SMILES string of the molecule is COc1csc(C(=O)c2cccc3ccsc23)c1. The van der Waals surface area contributed by atoms with E-state index in [-0.39, 0.29) is 5.78 Å². The van der Waals surface area contributed by atoms with Gasteiger partial charge in [-0.15, -0.1) is 22.7 Å². The van der Waals surface area contributed by atoms with Crippen molar-refractivity contribution in [3.8, 4) is 5.75 Å². The van der Waals surface area contributed by atoms with Gasteiger partial charge in [-0.2, -0.15) is 0 Å². The van der Waals surface area contributed by atoms with Crippen molar-refractivity contribution in [2.24, 2.45) is 0 Å². The number of hydrogen-bond donors (Lipinski definition) is 0. The molecule has 0 unspecified atom stereocenters. The highest BCUT2D eigenvalue weighted by Gasteiger charge is 2.15. The summed E-state index contributed by atoms with van der Waals surface area (Å²) in [6, 6.07) is 9.66. The van der Waals surface area contributed by atoms with E-state index < -0.39 is 0 Å². The summed E-state index contributed by atoms with van der Waals surface area (Å²) in [5.41, 5.74) is 0.770. The van der Waals surface area contributed by atoms with Gasteiger partial charge in [-0.3, -0.25) is 4.79 Å². The van der Waals surface area contributed by atoms with Crippen molar-refractivity contribution in [3.05, 3.63) is 51.5 Å². The summed E-state index contributed by atoms with van der Waals surface area (Å²) in [6.45, 7) is 0. The van der Waals surface area contributed by atoms with Crippen LogP contribution in [0.4, 0.5) is 0 Å². The highest BCUT2D eigenvalue weighted by atomic mass is 32.1. The summed E-state index contributed by atoms with van der Waals surface area (Å²) in [7, 11) is 1.61. The van der Waals surface area contributed by atoms with E-state index in [2.05, 4.69) is 0 Å². The molecule has 2 heterocycles. The van der Waals surface area contributed by atoms with Crippen LogP contribution in [0.2, 0.25) is 0 Å². The number of carbonyl (C=O) groups excluding carboxylic acids is 1. The molecule has 3 aromatic rings. The Bertz CT molecular complexity index is 709. The summed E-state index contributed by atoms with van der Waals surface area (Å²) >= 11 is 3.02. The molecule has 18 heavy (non-hydrogen) atoms. The van der Waals surface area contributed by atoms with Crippen LogP contribution in [-0.4, -0.2) is 12.9 Å². The van der Waals surface area contributed by atoms with Crippen LogP contribution in [0.25, 0.3) is 10.1 Å². The van der Waals surface area contributed by atoms with Gasteiger partial charge in [0.15, 0.2) is 0 Å². The van der Waals surface area contributed by atoms with E-state index >= 15 is 0 Å². The molecule has 1 aromatic carbocycles. The van der Waals surface area contributed by atoms with Crippen molar-refractivity contribution in [3.63, 3.8) is 0 Å². The number of hydrogen-bond acceptors (Lipinski definition) is 4. The van der Waals surface area contributed by atoms with Crippen molar-refractivity contribution >= 4 is 38.5 Å². The smallest absolute Gasteiger partial charge is 0.204 e. The Morgan fingerprint density at radius 2 is 2.11 bits per heavy atom. The Hall–Kier alpha value is -1.65. The molecule has 4 heteroatoms. The molecule has 2 nitrogen and oxygen atoms in total. The quantitative estimate of drug-likeness (QED) is 0.669. The largest absolute Gasteiger partial charge is 0.496 e. The first kappa shape index (κ1) is 11.4. The molecule has 0 aliphatic carbocycles. The zero-order chi connectivity index (χ0) is 12.5. The summed E-state index contributed by atoms with van der Waals surface area (Å²) in [6.07, 6.45) is 0. The monoisotopic (exact) mass is 274 g/mol. The number of ketones is 1. The second kappa shape index (κ2) is 4.55. The summed E-state index contributed by atoms with van der Waals surface area (Å²) in [4.78, 5) is 13.2. The van der Waals surface area contributed by atoms with Crippen molar-refractivity contribution in [2.75, 3.05) is 7.11 Å². The van der Waals surface area contributed by atoms with Gasteiger partial charge in [0.2, 0.25) is 5.78 Å². The lowest BCUT2D eigenvalue weighted by atomic mass is 10.1. The second-order valence-electron chi connectivity index (χ2n) is 3.82. The standard InChI is InChI=1S/C14H10O2S2/c1-16-10-7-12(18-8-10)13(15)11-4-2-3-9-5-6-17-14(9)11/h2-8H,1H3. The zero-order valence-corrected chi connectivity index (χ0v) is 11.3. The average molecular weight is 274 g/mol. The van der Waals surface area contributed by atoms with Crippen molar-refractivity contribution in [1.82, 2.24) is 0 Å². The minimum atomic E-state index is 0.0661. The van der Waals surface area contributed by atoms with E-state index in [1.807, 2.05) is 35.0 Å². The zero-order valence-electron chi connectivity index (χ0n) is 9.67. The molecular formula is C14H10O2S2. The van der Waals surface area contributed by atoms with Gasteiger partial charge >= 0.3 is 0 Å². The maximum atomic E-state index is 12.4. The third kappa shape index (κ3) is 1.83. The first-order chi connectivity index (χ1) is 8.79. The van der Waals surface area contributed by atoms with Crippen LogP contribution in [0.15, 0.2) is 41.1 Å². The Morgan fingerprint density at radius 1 is 1.22 bits per heavy atom. The maximum Gasteiger partial charge on any atom is 0.204 e. The van der Waals surface area contributed by atoms with Crippen LogP contribution >= 0.6 is 22.7 Å². The molecule has 0 aliphatic rings. The topological polar surface area (TPSA) is 26.3 Å². The van der Waals surface area contributed by atoms with Crippen LogP contribution < -0.4 is 4.74 Å². The van der Waals surface area contributed by atoms with Crippen LogP contribution in [0, 0.1) is 0 Å². The first-order valence-corrected chi connectivity index (χ1v) is 7.19. The number of carbonyl (C=O) groups is 1. The summed E-state index contributed by atoms with van der Waals surface area (Å²) in [5.74, 6) is 0.804. The highest BCUT2D eigenvalue weighted by Crippen LogP contribution is 2.29. The summed E-state index contributed by atoms with van der Waals surface area (Å²) in [5, 5.41) is 4.98. The van der Waals surface area contributed by atoms with Crippen LogP contribution in [-0.2, 0) is 0 Å². The minimum Gasteiger partial charge on any atom is -0.496 e. The van der Waals surface area contributed by atoms with Gasteiger partial charge in [0.05, 0.1) is 12.0 Å². The fourth-order valence-corrected chi connectivity index (χ4v) is 3.57. The number of benzene rings is 1. The van der Waals surface area contributed by atoms with E-state index in [4.69, 9.17) is 4.74 Å². The van der Waals surface area contributed by atoms with Crippen molar-refractivity contribution in [2.45, 2.75) is 0 Å². The van der Waals surface area contributed by atoms with Gasteiger partial charge < -0.3 is 4.74 Å². The molecule has 0 atom stereocenters. The van der Waals surface area contributed by atoms with E-state index in [0.29, 0.717) is 4.88 Å². The van der Waals surface area contributed by atoms with Gasteiger partial charge in [0.25, 0.3) is 0 Å². The van der Waals surface area contributed by atoms with Gasteiger partial charge in [0, 0.05) is 21.7 Å². The number of methoxy groups -OCH3 is 1.